The minimum absolute atomic E-state index is 0.0874. The molecule has 0 spiro atoms. The van der Waals surface area contributed by atoms with E-state index in [0.29, 0.717) is 12.5 Å². The number of nitrogens with one attached hydrogen (secondary N) is 3. The van der Waals surface area contributed by atoms with E-state index in [9.17, 15) is 4.79 Å². The van der Waals surface area contributed by atoms with E-state index in [1.807, 2.05) is 13.8 Å². The van der Waals surface area contributed by atoms with Crippen LogP contribution in [0.25, 0.3) is 0 Å². The monoisotopic (exact) mass is 201 g/mol. The summed E-state index contributed by atoms with van der Waals surface area (Å²) in [5, 5.41) is 5.59. The Labute approximate surface area is 84.3 Å². The molecule has 14 heavy (non-hydrogen) atoms. The molecule has 0 rings (SSSR count). The van der Waals surface area contributed by atoms with Crippen LogP contribution in [0.4, 0.5) is 0 Å². The Hall–Kier alpha value is -1.30. The Morgan fingerprint density at radius 2 is 2.07 bits per heavy atom. The smallest absolute Gasteiger partial charge is 0.241 e. The van der Waals surface area contributed by atoms with Gasteiger partial charge in [0.1, 0.15) is 6.54 Å². The van der Waals surface area contributed by atoms with Crippen molar-refractivity contribution in [3.05, 3.63) is 0 Å². The second-order valence-electron chi connectivity index (χ2n) is 2.69. The van der Waals surface area contributed by atoms with Crippen LogP contribution in [-0.4, -0.2) is 31.5 Å². The highest BCUT2D eigenvalue weighted by molar-refractivity contribution is 5.84. The molecule has 0 bridgehead atoms. The molecule has 6 heteroatoms. The summed E-state index contributed by atoms with van der Waals surface area (Å²) >= 11 is 0. The molecule has 0 atom stereocenters. The van der Waals surface area contributed by atoms with Crippen LogP contribution in [0.15, 0.2) is 4.99 Å². The number of guanidine groups is 1. The Kier molecular flexibility index (Phi) is 7.53. The van der Waals surface area contributed by atoms with Gasteiger partial charge in [-0.15, -0.1) is 0 Å². The van der Waals surface area contributed by atoms with Crippen molar-refractivity contribution < 1.29 is 4.79 Å². The highest BCUT2D eigenvalue weighted by Gasteiger charge is 1.98. The molecule has 0 aromatic heterocycles. The SMILES string of the molecule is CCCNC(=NCC(=O)NCC)NN. The van der Waals surface area contributed by atoms with Gasteiger partial charge < -0.3 is 10.6 Å². The van der Waals surface area contributed by atoms with Crippen molar-refractivity contribution in [2.24, 2.45) is 10.8 Å². The maximum atomic E-state index is 11.0. The van der Waals surface area contributed by atoms with Gasteiger partial charge in [-0.2, -0.15) is 0 Å². The molecular formula is C8H19N5O. The predicted octanol–water partition coefficient (Wildman–Crippen LogP) is -1.06. The van der Waals surface area contributed by atoms with Crippen molar-refractivity contribution in [3.8, 4) is 0 Å². The molecule has 0 aromatic rings. The zero-order valence-electron chi connectivity index (χ0n) is 8.76. The van der Waals surface area contributed by atoms with Crippen LogP contribution in [0.3, 0.4) is 0 Å². The largest absolute Gasteiger partial charge is 0.355 e. The first kappa shape index (κ1) is 12.7. The Bertz CT molecular complexity index is 192. The fourth-order valence-corrected chi connectivity index (χ4v) is 0.800. The molecular weight excluding hydrogens is 182 g/mol. The summed E-state index contributed by atoms with van der Waals surface area (Å²) < 4.78 is 0. The minimum Gasteiger partial charge on any atom is -0.355 e. The normalized spacial score (nSPS) is 10.9. The van der Waals surface area contributed by atoms with Gasteiger partial charge in [0.15, 0.2) is 0 Å². The Morgan fingerprint density at radius 3 is 2.57 bits per heavy atom. The van der Waals surface area contributed by atoms with E-state index in [-0.39, 0.29) is 12.5 Å². The second kappa shape index (κ2) is 8.31. The Morgan fingerprint density at radius 1 is 1.36 bits per heavy atom. The second-order valence-corrected chi connectivity index (χ2v) is 2.69. The van der Waals surface area contributed by atoms with Gasteiger partial charge >= 0.3 is 0 Å². The van der Waals surface area contributed by atoms with E-state index >= 15 is 0 Å². The van der Waals surface area contributed by atoms with Gasteiger partial charge in [-0.25, -0.2) is 10.8 Å². The standard InChI is InChI=1S/C8H19N5O/c1-3-5-11-8(13-9)12-6-7(14)10-4-2/h3-6,9H2,1-2H3,(H,10,14)(H2,11,12,13). The number of hydrazine groups is 1. The molecule has 0 fully saturated rings. The number of carbonyl (C=O) groups excluding carboxylic acids is 1. The van der Waals surface area contributed by atoms with Gasteiger partial charge in [-0.1, -0.05) is 6.92 Å². The molecule has 5 N–H and O–H groups in total. The molecule has 0 radical (unpaired) electrons. The molecule has 0 saturated carbocycles. The third-order valence-corrected chi connectivity index (χ3v) is 1.43. The fraction of sp³-hybridized carbons (Fsp3) is 0.750. The average molecular weight is 201 g/mol. The third-order valence-electron chi connectivity index (χ3n) is 1.43. The molecule has 0 aliphatic heterocycles. The van der Waals surface area contributed by atoms with Crippen LogP contribution in [0, 0.1) is 0 Å². The van der Waals surface area contributed by atoms with Gasteiger partial charge in [0.05, 0.1) is 0 Å². The number of aliphatic imine (C=N–C) groups is 1. The lowest BCUT2D eigenvalue weighted by Gasteiger charge is -2.07. The van der Waals surface area contributed by atoms with Crippen LogP contribution in [0.2, 0.25) is 0 Å². The summed E-state index contributed by atoms with van der Waals surface area (Å²) in [5.41, 5.74) is 2.39. The molecule has 0 heterocycles. The number of hydrogen-bond acceptors (Lipinski definition) is 3. The molecule has 0 aliphatic carbocycles. The highest BCUT2D eigenvalue weighted by Crippen LogP contribution is 1.75. The lowest BCUT2D eigenvalue weighted by atomic mass is 10.5. The van der Waals surface area contributed by atoms with E-state index in [2.05, 4.69) is 21.1 Å². The number of nitrogens with two attached hydrogens (primary N) is 1. The molecule has 6 nitrogen and oxygen atoms in total. The van der Waals surface area contributed by atoms with Crippen molar-refractivity contribution in [2.75, 3.05) is 19.6 Å². The molecule has 0 saturated heterocycles. The van der Waals surface area contributed by atoms with E-state index < -0.39 is 0 Å². The first-order valence-corrected chi connectivity index (χ1v) is 4.76. The van der Waals surface area contributed by atoms with E-state index in [0.717, 1.165) is 13.0 Å². The van der Waals surface area contributed by atoms with Crippen molar-refractivity contribution in [1.29, 1.82) is 0 Å². The van der Waals surface area contributed by atoms with Crippen molar-refractivity contribution in [1.82, 2.24) is 16.1 Å². The summed E-state index contributed by atoms with van der Waals surface area (Å²) in [6, 6.07) is 0. The zero-order chi connectivity index (χ0) is 10.8. The average Bonchev–Trinajstić information content (AvgIpc) is 2.19. The van der Waals surface area contributed by atoms with Gasteiger partial charge in [0.25, 0.3) is 0 Å². The quantitative estimate of drug-likeness (QED) is 0.197. The number of nitrogens with zero attached hydrogens (tertiary/aromatic N) is 1. The van der Waals surface area contributed by atoms with Crippen LogP contribution in [0.1, 0.15) is 20.3 Å². The van der Waals surface area contributed by atoms with Crippen LogP contribution < -0.4 is 21.9 Å². The molecule has 0 aromatic carbocycles. The van der Waals surface area contributed by atoms with Gasteiger partial charge in [0, 0.05) is 13.1 Å². The van der Waals surface area contributed by atoms with E-state index in [1.165, 1.54) is 0 Å². The topological polar surface area (TPSA) is 91.5 Å². The van der Waals surface area contributed by atoms with Crippen LogP contribution >= 0.6 is 0 Å². The summed E-state index contributed by atoms with van der Waals surface area (Å²) in [6.45, 7) is 5.37. The first-order valence-electron chi connectivity index (χ1n) is 4.76. The van der Waals surface area contributed by atoms with Crippen LogP contribution in [0.5, 0.6) is 0 Å². The summed E-state index contributed by atoms with van der Waals surface area (Å²) in [7, 11) is 0. The molecule has 0 aliphatic rings. The number of amides is 1. The number of rotatable bonds is 5. The van der Waals surface area contributed by atoms with Gasteiger partial charge in [-0.3, -0.25) is 10.2 Å². The number of carbonyl (C=O) groups is 1. The zero-order valence-corrected chi connectivity index (χ0v) is 8.76. The number of likely N-dealkylation sites (N-methyl/N-ethyl adjacent to an activating group) is 1. The fourth-order valence-electron chi connectivity index (χ4n) is 0.800. The van der Waals surface area contributed by atoms with Crippen molar-refractivity contribution in [2.45, 2.75) is 20.3 Å². The summed E-state index contributed by atoms with van der Waals surface area (Å²) in [5.74, 6) is 5.53. The van der Waals surface area contributed by atoms with E-state index in [4.69, 9.17) is 5.84 Å². The van der Waals surface area contributed by atoms with Crippen LogP contribution in [-0.2, 0) is 4.79 Å². The highest BCUT2D eigenvalue weighted by atomic mass is 16.1. The lowest BCUT2D eigenvalue weighted by molar-refractivity contribution is -0.119. The van der Waals surface area contributed by atoms with Crippen molar-refractivity contribution >= 4 is 11.9 Å². The minimum atomic E-state index is -0.112. The summed E-state index contributed by atoms with van der Waals surface area (Å²) in [4.78, 5) is 15.0. The molecule has 82 valence electrons. The van der Waals surface area contributed by atoms with E-state index in [1.54, 1.807) is 0 Å². The summed E-state index contributed by atoms with van der Waals surface area (Å²) in [6.07, 6.45) is 0.974. The van der Waals surface area contributed by atoms with Gasteiger partial charge in [-0.05, 0) is 13.3 Å². The number of hydrogen-bond donors (Lipinski definition) is 4. The third kappa shape index (κ3) is 6.24. The maximum absolute atomic E-state index is 11.0. The Balaban J connectivity index is 3.84. The molecule has 1 amide bonds. The first-order chi connectivity index (χ1) is 6.74. The predicted molar refractivity (Wildman–Crippen MR) is 56.6 cm³/mol. The lowest BCUT2D eigenvalue weighted by Crippen LogP contribution is -2.42. The maximum Gasteiger partial charge on any atom is 0.241 e. The van der Waals surface area contributed by atoms with Gasteiger partial charge in [0.2, 0.25) is 11.9 Å². The molecule has 0 unspecified atom stereocenters. The van der Waals surface area contributed by atoms with Crippen molar-refractivity contribution in [3.63, 3.8) is 0 Å².